The second-order valence-electron chi connectivity index (χ2n) is 13.0. The number of rotatable bonds is 10. The summed E-state index contributed by atoms with van der Waals surface area (Å²) in [4.78, 5) is 20.8. The van der Waals surface area contributed by atoms with E-state index in [1.54, 1.807) is 13.0 Å². The van der Waals surface area contributed by atoms with Crippen LogP contribution in [0.4, 0.5) is 10.1 Å². The molecule has 0 radical (unpaired) electrons. The highest BCUT2D eigenvalue weighted by Gasteiger charge is 2.53. The molecule has 49 heavy (non-hydrogen) atoms. The van der Waals surface area contributed by atoms with Crippen molar-refractivity contribution in [2.24, 2.45) is 5.16 Å². The topological polar surface area (TPSA) is 172 Å². The standard InChI is InChI=1S/C35H44FN3O10/c1-19(35(44)37-28-29(41)31(43)34-33(30(28)42)45-18-46-34)14-22-8-11-26(24(36)15-22)48-27-16-25(40)32(49-27)20(2)38-47-17-21-6-9-23(10-7-21)39-12-4-3-5-13-39/h6-11,14-15,25,27-34,40-43H,3-5,12-13,16-18H2,1-2H3,(H,37,44)/b19-14+,38-20+/t25-,27-,28-,29+,30-,31-,32-,33+,34-/m1/s1. The third-order valence-electron chi connectivity index (χ3n) is 9.45. The van der Waals surface area contributed by atoms with Gasteiger partial charge in [-0.05, 0) is 74.6 Å². The van der Waals surface area contributed by atoms with Crippen LogP contribution < -0.4 is 15.0 Å². The monoisotopic (exact) mass is 685 g/mol. The molecule has 1 saturated carbocycles. The van der Waals surface area contributed by atoms with E-state index < -0.39 is 66.8 Å². The number of ether oxygens (including phenoxy) is 4. The van der Waals surface area contributed by atoms with Crippen molar-refractivity contribution in [3.63, 3.8) is 0 Å². The molecule has 3 saturated heterocycles. The quantitative estimate of drug-likeness (QED) is 0.141. The minimum Gasteiger partial charge on any atom is -0.462 e. The van der Waals surface area contributed by atoms with Gasteiger partial charge in [-0.15, -0.1) is 0 Å². The van der Waals surface area contributed by atoms with Gasteiger partial charge in [0.1, 0.15) is 50.0 Å². The number of oxime groups is 1. The molecule has 14 heteroatoms. The van der Waals surface area contributed by atoms with E-state index in [-0.39, 0.29) is 31.1 Å². The van der Waals surface area contributed by atoms with Crippen molar-refractivity contribution < 1.29 is 53.4 Å². The molecule has 0 aromatic heterocycles. The highest BCUT2D eigenvalue weighted by molar-refractivity contribution is 5.97. The molecule has 3 aliphatic heterocycles. The maximum absolute atomic E-state index is 15.1. The van der Waals surface area contributed by atoms with Crippen LogP contribution in [0.1, 0.15) is 50.7 Å². The normalized spacial score (nSPS) is 32.1. The second-order valence-corrected chi connectivity index (χ2v) is 13.0. The molecule has 0 unspecified atom stereocenters. The maximum atomic E-state index is 15.1. The Hall–Kier alpha value is -3.63. The van der Waals surface area contributed by atoms with Crippen LogP contribution in [-0.2, 0) is 30.4 Å². The van der Waals surface area contributed by atoms with Crippen molar-refractivity contribution in [3.05, 3.63) is 65.0 Å². The summed E-state index contributed by atoms with van der Waals surface area (Å²) >= 11 is 0. The van der Waals surface area contributed by atoms with Crippen molar-refractivity contribution in [1.29, 1.82) is 0 Å². The van der Waals surface area contributed by atoms with Crippen LogP contribution >= 0.6 is 0 Å². The smallest absolute Gasteiger partial charge is 0.247 e. The van der Waals surface area contributed by atoms with Gasteiger partial charge >= 0.3 is 0 Å². The van der Waals surface area contributed by atoms with Crippen LogP contribution in [0, 0.1) is 5.82 Å². The van der Waals surface area contributed by atoms with E-state index in [1.807, 2.05) is 12.1 Å². The first-order valence-electron chi connectivity index (χ1n) is 16.7. The number of nitrogens with zero attached hydrogens (tertiary/aromatic N) is 2. The zero-order chi connectivity index (χ0) is 34.7. The number of anilines is 1. The zero-order valence-electron chi connectivity index (χ0n) is 27.5. The van der Waals surface area contributed by atoms with Gasteiger partial charge in [0.05, 0.1) is 17.9 Å². The third-order valence-corrected chi connectivity index (χ3v) is 9.45. The Morgan fingerprint density at radius 1 is 1.00 bits per heavy atom. The van der Waals surface area contributed by atoms with Crippen molar-refractivity contribution in [2.75, 3.05) is 24.8 Å². The number of nitrogens with one attached hydrogen (secondary N) is 1. The maximum Gasteiger partial charge on any atom is 0.247 e. The first kappa shape index (κ1) is 35.2. The summed E-state index contributed by atoms with van der Waals surface area (Å²) in [7, 11) is 0. The highest BCUT2D eigenvalue weighted by atomic mass is 19.1. The predicted molar refractivity (Wildman–Crippen MR) is 175 cm³/mol. The molecule has 266 valence electrons. The number of benzene rings is 2. The van der Waals surface area contributed by atoms with Crippen molar-refractivity contribution in [3.8, 4) is 5.75 Å². The summed E-state index contributed by atoms with van der Waals surface area (Å²) in [5.74, 6) is -1.46. The average Bonchev–Trinajstić information content (AvgIpc) is 3.74. The Morgan fingerprint density at radius 3 is 2.43 bits per heavy atom. The number of hydrogen-bond donors (Lipinski definition) is 5. The van der Waals surface area contributed by atoms with Crippen LogP contribution in [0.2, 0.25) is 0 Å². The van der Waals surface area contributed by atoms with Gasteiger partial charge in [0, 0.05) is 30.8 Å². The van der Waals surface area contributed by atoms with Gasteiger partial charge in [-0.25, -0.2) is 4.39 Å². The van der Waals surface area contributed by atoms with E-state index >= 15 is 4.39 Å². The largest absolute Gasteiger partial charge is 0.462 e. The van der Waals surface area contributed by atoms with Crippen LogP contribution in [0.5, 0.6) is 5.75 Å². The molecular weight excluding hydrogens is 641 g/mol. The van der Waals surface area contributed by atoms with Gasteiger partial charge in [-0.3, -0.25) is 4.79 Å². The van der Waals surface area contributed by atoms with E-state index in [0.717, 1.165) is 18.7 Å². The molecule has 0 bridgehead atoms. The Bertz CT molecular complexity index is 1520. The number of piperidine rings is 1. The minimum atomic E-state index is -1.49. The van der Waals surface area contributed by atoms with Crippen LogP contribution in [0.3, 0.4) is 0 Å². The van der Waals surface area contributed by atoms with Gasteiger partial charge < -0.3 is 54.4 Å². The molecule has 13 nitrogen and oxygen atoms in total. The molecule has 1 aliphatic carbocycles. The highest BCUT2D eigenvalue weighted by Crippen LogP contribution is 2.31. The molecule has 3 heterocycles. The Balaban J connectivity index is 0.993. The van der Waals surface area contributed by atoms with E-state index in [9.17, 15) is 25.2 Å². The van der Waals surface area contributed by atoms with Gasteiger partial charge in [0.15, 0.2) is 11.6 Å². The number of carbonyl (C=O) groups excluding carboxylic acids is 1. The molecule has 5 N–H and O–H groups in total. The first-order valence-corrected chi connectivity index (χ1v) is 16.7. The Labute approximate surface area is 283 Å². The number of hydrogen-bond acceptors (Lipinski definition) is 12. The van der Waals surface area contributed by atoms with Gasteiger partial charge in [-0.2, -0.15) is 0 Å². The summed E-state index contributed by atoms with van der Waals surface area (Å²) in [5.41, 5.74) is 3.09. The van der Waals surface area contributed by atoms with Crippen LogP contribution in [0.15, 0.2) is 53.2 Å². The lowest BCUT2D eigenvalue weighted by molar-refractivity contribution is -0.155. The fraction of sp³-hybridized carbons (Fsp3) is 0.543. The predicted octanol–water partition coefficient (Wildman–Crippen LogP) is 1.99. The van der Waals surface area contributed by atoms with Crippen LogP contribution in [0.25, 0.3) is 6.08 Å². The summed E-state index contributed by atoms with van der Waals surface area (Å²) in [6, 6.07) is 11.1. The van der Waals surface area contributed by atoms with Crippen molar-refractivity contribution >= 4 is 23.4 Å². The second kappa shape index (κ2) is 15.5. The number of aliphatic hydroxyl groups is 4. The van der Waals surface area contributed by atoms with Crippen molar-refractivity contribution in [1.82, 2.24) is 5.32 Å². The molecule has 4 fully saturated rings. The fourth-order valence-electron chi connectivity index (χ4n) is 6.68. The fourth-order valence-corrected chi connectivity index (χ4v) is 6.68. The average molecular weight is 686 g/mol. The number of halogens is 1. The molecule has 2 aromatic rings. The van der Waals surface area contributed by atoms with Gasteiger partial charge in [0.25, 0.3) is 0 Å². The lowest BCUT2D eigenvalue weighted by atomic mass is 9.83. The van der Waals surface area contributed by atoms with Gasteiger partial charge in [0.2, 0.25) is 12.2 Å². The molecule has 2 aromatic carbocycles. The Kier molecular flexibility index (Phi) is 11.1. The molecule has 9 atom stereocenters. The van der Waals surface area contributed by atoms with E-state index in [1.165, 1.54) is 50.1 Å². The van der Waals surface area contributed by atoms with E-state index in [4.69, 9.17) is 23.8 Å². The van der Waals surface area contributed by atoms with Crippen molar-refractivity contribution in [2.45, 2.75) is 101 Å². The minimum absolute atomic E-state index is 0.0855. The summed E-state index contributed by atoms with van der Waals surface area (Å²) in [6.07, 6.45) is -3.44. The SMILES string of the molecule is C/C(=C\c1ccc(O[C@H]2C[C@@H](O)[C@@H](/C(C)=N/OCc3ccc(N4CCCCC4)cc3)O2)c(F)c1)C(=O)N[C@@H]1[C@H](O)[C@@H](O)[C@H]2OCO[C@H]2[C@@H]1O. The number of aliphatic hydroxyl groups excluding tert-OH is 4. The molecule has 6 rings (SSSR count). The summed E-state index contributed by atoms with van der Waals surface area (Å²) in [5, 5.41) is 48.7. The third kappa shape index (κ3) is 8.07. The summed E-state index contributed by atoms with van der Waals surface area (Å²) < 4.78 is 37.1. The lowest BCUT2D eigenvalue weighted by Crippen LogP contribution is -2.67. The number of amides is 1. The molecule has 0 spiro atoms. The molecular formula is C35H44FN3O10. The first-order chi connectivity index (χ1) is 23.6. The van der Waals surface area contributed by atoms with Gasteiger partial charge in [-0.1, -0.05) is 23.4 Å². The Morgan fingerprint density at radius 2 is 1.71 bits per heavy atom. The zero-order valence-corrected chi connectivity index (χ0v) is 27.5. The molecule has 4 aliphatic rings. The van der Waals surface area contributed by atoms with Crippen LogP contribution in [-0.4, -0.2) is 107 Å². The number of fused-ring (bicyclic) bond motifs is 1. The molecule has 1 amide bonds. The van der Waals surface area contributed by atoms with E-state index in [2.05, 4.69) is 27.5 Å². The van der Waals surface area contributed by atoms with E-state index in [0.29, 0.717) is 11.3 Å². The summed E-state index contributed by atoms with van der Waals surface area (Å²) in [6.45, 7) is 5.43. The lowest BCUT2D eigenvalue weighted by Gasteiger charge is -2.41. The number of carbonyl (C=O) groups is 1.